The third kappa shape index (κ3) is 5.51. The summed E-state index contributed by atoms with van der Waals surface area (Å²) >= 11 is 0. The zero-order valence-electron chi connectivity index (χ0n) is 17.8. The third-order valence-corrected chi connectivity index (χ3v) is 4.77. The number of hydrogen-bond acceptors (Lipinski definition) is 7. The molecule has 7 heteroatoms. The maximum atomic E-state index is 9.47. The molecule has 0 aliphatic carbocycles. The van der Waals surface area contributed by atoms with E-state index in [0.29, 0.717) is 24.1 Å². The monoisotopic (exact) mass is 408 g/mol. The predicted molar refractivity (Wildman–Crippen MR) is 115 cm³/mol. The summed E-state index contributed by atoms with van der Waals surface area (Å²) in [5.41, 5.74) is 3.35. The minimum atomic E-state index is -0.0494. The van der Waals surface area contributed by atoms with Crippen molar-refractivity contribution in [1.29, 1.82) is 0 Å². The molecule has 2 aromatic heterocycles. The van der Waals surface area contributed by atoms with Gasteiger partial charge >= 0.3 is 6.01 Å². The average Bonchev–Trinajstić information content (AvgIpc) is 2.79. The van der Waals surface area contributed by atoms with Crippen LogP contribution in [0.25, 0.3) is 22.8 Å². The summed E-state index contributed by atoms with van der Waals surface area (Å²) in [6, 6.07) is 9.61. The van der Waals surface area contributed by atoms with E-state index < -0.39 is 0 Å². The van der Waals surface area contributed by atoms with E-state index in [1.165, 1.54) is 26.4 Å². The molecule has 0 aliphatic heterocycles. The number of pyridine rings is 1. The molecule has 1 aromatic carbocycles. The van der Waals surface area contributed by atoms with Gasteiger partial charge in [-0.1, -0.05) is 38.3 Å². The lowest BCUT2D eigenvalue weighted by molar-refractivity contribution is 0.282. The molecule has 0 atom stereocenters. The highest BCUT2D eigenvalue weighted by molar-refractivity contribution is 5.64. The summed E-state index contributed by atoms with van der Waals surface area (Å²) in [6.07, 6.45) is 6.31. The van der Waals surface area contributed by atoms with E-state index in [1.807, 2.05) is 37.3 Å². The predicted octanol–water partition coefficient (Wildman–Crippen LogP) is 4.37. The minimum Gasteiger partial charge on any atom is -0.478 e. The van der Waals surface area contributed by atoms with Gasteiger partial charge < -0.3 is 14.6 Å². The number of aliphatic hydroxyl groups excluding tert-OH is 1. The normalized spacial score (nSPS) is 10.8. The van der Waals surface area contributed by atoms with E-state index in [0.717, 1.165) is 28.7 Å². The molecule has 0 spiro atoms. The fourth-order valence-corrected chi connectivity index (χ4v) is 3.01. The van der Waals surface area contributed by atoms with Crippen LogP contribution in [0.15, 0.2) is 36.5 Å². The summed E-state index contributed by atoms with van der Waals surface area (Å²) in [6.45, 7) is 4.77. The summed E-state index contributed by atoms with van der Waals surface area (Å²) in [7, 11) is 1.52. The van der Waals surface area contributed by atoms with Crippen LogP contribution in [0.2, 0.25) is 0 Å². The maximum absolute atomic E-state index is 9.47. The Hall–Kier alpha value is -3.06. The van der Waals surface area contributed by atoms with Gasteiger partial charge in [-0.3, -0.25) is 0 Å². The first-order valence-corrected chi connectivity index (χ1v) is 10.2. The van der Waals surface area contributed by atoms with Gasteiger partial charge in [-0.15, -0.1) is 0 Å². The second-order valence-corrected chi connectivity index (χ2v) is 7.07. The molecule has 0 unspecified atom stereocenters. The van der Waals surface area contributed by atoms with E-state index in [4.69, 9.17) is 9.47 Å². The number of rotatable bonds is 10. The molecule has 3 rings (SSSR count). The molecule has 1 N–H and O–H groups in total. The lowest BCUT2D eigenvalue weighted by atomic mass is 10.0. The van der Waals surface area contributed by atoms with Crippen molar-refractivity contribution in [2.75, 3.05) is 13.7 Å². The van der Waals surface area contributed by atoms with Gasteiger partial charge in [0.25, 0.3) is 0 Å². The lowest BCUT2D eigenvalue weighted by Crippen LogP contribution is -2.03. The number of aryl methyl sites for hydroxylation is 1. The van der Waals surface area contributed by atoms with Gasteiger partial charge in [-0.2, -0.15) is 9.97 Å². The molecule has 3 aromatic rings. The average molecular weight is 409 g/mol. The Balaban J connectivity index is 1.83. The van der Waals surface area contributed by atoms with Crippen LogP contribution in [0.4, 0.5) is 0 Å². The number of aliphatic hydroxyl groups is 1. The number of methoxy groups -OCH3 is 1. The van der Waals surface area contributed by atoms with Crippen LogP contribution in [0.3, 0.4) is 0 Å². The van der Waals surface area contributed by atoms with Crippen molar-refractivity contribution in [2.24, 2.45) is 0 Å². The van der Waals surface area contributed by atoms with Crippen molar-refractivity contribution < 1.29 is 14.6 Å². The summed E-state index contributed by atoms with van der Waals surface area (Å²) < 4.78 is 11.0. The molecular weight excluding hydrogens is 380 g/mol. The summed E-state index contributed by atoms with van der Waals surface area (Å²) in [5, 5.41) is 9.47. The second kappa shape index (κ2) is 10.6. The number of benzene rings is 1. The van der Waals surface area contributed by atoms with Crippen LogP contribution >= 0.6 is 0 Å². The first-order valence-electron chi connectivity index (χ1n) is 10.2. The van der Waals surface area contributed by atoms with Crippen molar-refractivity contribution in [1.82, 2.24) is 19.9 Å². The SMILES string of the molecule is CCCCCCOc1ccc(-c2nc(OC)nc(-c3cc(CO)ccc3C)n2)cn1. The van der Waals surface area contributed by atoms with Gasteiger partial charge in [-0.25, -0.2) is 9.97 Å². The van der Waals surface area contributed by atoms with Crippen molar-refractivity contribution in [3.8, 4) is 34.7 Å². The van der Waals surface area contributed by atoms with Crippen molar-refractivity contribution in [3.63, 3.8) is 0 Å². The number of unbranched alkanes of at least 4 members (excludes halogenated alkanes) is 3. The van der Waals surface area contributed by atoms with Gasteiger partial charge in [-0.05, 0) is 36.6 Å². The molecule has 0 saturated heterocycles. The van der Waals surface area contributed by atoms with Crippen molar-refractivity contribution in [2.45, 2.75) is 46.1 Å². The van der Waals surface area contributed by atoms with E-state index in [1.54, 1.807) is 6.20 Å². The Morgan fingerprint density at radius 2 is 1.80 bits per heavy atom. The third-order valence-electron chi connectivity index (χ3n) is 4.77. The highest BCUT2D eigenvalue weighted by Crippen LogP contribution is 2.26. The molecule has 0 aliphatic rings. The number of aromatic nitrogens is 4. The minimum absolute atomic E-state index is 0.0494. The van der Waals surface area contributed by atoms with E-state index in [2.05, 4.69) is 26.9 Å². The fraction of sp³-hybridized carbons (Fsp3) is 0.391. The molecule has 0 bridgehead atoms. The highest BCUT2D eigenvalue weighted by atomic mass is 16.5. The Labute approximate surface area is 177 Å². The van der Waals surface area contributed by atoms with Crippen LogP contribution in [0.5, 0.6) is 11.9 Å². The first kappa shape index (κ1) is 21.6. The van der Waals surface area contributed by atoms with E-state index >= 15 is 0 Å². The molecule has 0 saturated carbocycles. The lowest BCUT2D eigenvalue weighted by Gasteiger charge is -2.10. The molecule has 30 heavy (non-hydrogen) atoms. The van der Waals surface area contributed by atoms with Crippen molar-refractivity contribution >= 4 is 0 Å². The Kier molecular flexibility index (Phi) is 7.68. The topological polar surface area (TPSA) is 90.2 Å². The highest BCUT2D eigenvalue weighted by Gasteiger charge is 2.13. The number of hydrogen-bond donors (Lipinski definition) is 1. The molecule has 2 heterocycles. The Morgan fingerprint density at radius 1 is 0.967 bits per heavy atom. The molecule has 0 fully saturated rings. The first-order chi connectivity index (χ1) is 14.6. The standard InChI is InChI=1S/C23H28N4O3/c1-4-5-6-7-12-30-20-11-10-18(14-24-20)21-25-22(27-23(26-21)29-3)19-13-17(15-28)9-8-16(19)2/h8-11,13-14,28H,4-7,12,15H2,1-3H3. The van der Waals surface area contributed by atoms with E-state index in [-0.39, 0.29) is 12.6 Å². The Morgan fingerprint density at radius 3 is 2.50 bits per heavy atom. The second-order valence-electron chi connectivity index (χ2n) is 7.07. The maximum Gasteiger partial charge on any atom is 0.320 e. The van der Waals surface area contributed by atoms with Crippen LogP contribution in [0, 0.1) is 6.92 Å². The van der Waals surface area contributed by atoms with Gasteiger partial charge in [0.1, 0.15) is 0 Å². The van der Waals surface area contributed by atoms with Crippen molar-refractivity contribution in [3.05, 3.63) is 47.7 Å². The zero-order chi connectivity index (χ0) is 21.3. The Bertz CT molecular complexity index is 961. The van der Waals surface area contributed by atoms with E-state index in [9.17, 15) is 5.11 Å². The van der Waals surface area contributed by atoms with Gasteiger partial charge in [0.05, 0.1) is 20.3 Å². The largest absolute Gasteiger partial charge is 0.478 e. The smallest absolute Gasteiger partial charge is 0.320 e. The summed E-state index contributed by atoms with van der Waals surface area (Å²) in [4.78, 5) is 17.8. The van der Waals surface area contributed by atoms with Crippen LogP contribution in [-0.2, 0) is 6.61 Å². The molecule has 0 radical (unpaired) electrons. The van der Waals surface area contributed by atoms with Gasteiger partial charge in [0, 0.05) is 23.4 Å². The number of nitrogens with zero attached hydrogens (tertiary/aromatic N) is 4. The van der Waals surface area contributed by atoms with Crippen LogP contribution < -0.4 is 9.47 Å². The molecular formula is C23H28N4O3. The zero-order valence-corrected chi connectivity index (χ0v) is 17.8. The van der Waals surface area contributed by atoms with Crippen LogP contribution in [0.1, 0.15) is 43.7 Å². The quantitative estimate of drug-likeness (QED) is 0.498. The molecule has 7 nitrogen and oxygen atoms in total. The number of ether oxygens (including phenoxy) is 2. The fourth-order valence-electron chi connectivity index (χ4n) is 3.01. The summed E-state index contributed by atoms with van der Waals surface area (Å²) in [5.74, 6) is 1.54. The van der Waals surface area contributed by atoms with Crippen LogP contribution in [-0.4, -0.2) is 38.8 Å². The van der Waals surface area contributed by atoms with Gasteiger partial charge in [0.15, 0.2) is 11.6 Å². The molecule has 0 amide bonds. The molecule has 158 valence electrons. The van der Waals surface area contributed by atoms with Gasteiger partial charge in [0.2, 0.25) is 5.88 Å².